The third-order valence-corrected chi connectivity index (χ3v) is 3.66. The monoisotopic (exact) mass is 354 g/mol. The number of hydrogen-bond acceptors (Lipinski definition) is 3. The number of nitrogens with zero attached hydrogens (tertiary/aromatic N) is 3. The van der Waals surface area contributed by atoms with Crippen molar-refractivity contribution in [2.45, 2.75) is 12.7 Å². The van der Waals surface area contributed by atoms with Gasteiger partial charge in [-0.1, -0.05) is 23.7 Å². The number of benzene rings is 1. The van der Waals surface area contributed by atoms with Crippen molar-refractivity contribution in [2.75, 3.05) is 0 Å². The van der Waals surface area contributed by atoms with Gasteiger partial charge in [0.15, 0.2) is 11.5 Å². The van der Waals surface area contributed by atoms with Crippen molar-refractivity contribution in [3.8, 4) is 0 Å². The van der Waals surface area contributed by atoms with E-state index in [2.05, 4.69) is 15.5 Å². The van der Waals surface area contributed by atoms with E-state index >= 15 is 0 Å². The number of hydrogen-bond donors (Lipinski definition) is 1. The molecule has 0 saturated carbocycles. The van der Waals surface area contributed by atoms with Gasteiger partial charge in [-0.15, -0.1) is 10.2 Å². The Labute approximate surface area is 139 Å². The number of halogens is 4. The fourth-order valence-electron chi connectivity index (χ4n) is 2.13. The van der Waals surface area contributed by atoms with Gasteiger partial charge >= 0.3 is 6.18 Å². The molecule has 0 radical (unpaired) electrons. The molecule has 0 spiro atoms. The highest BCUT2D eigenvalue weighted by Gasteiger charge is 2.31. The summed E-state index contributed by atoms with van der Waals surface area (Å²) in [6.45, 7) is -0.0907. The minimum atomic E-state index is -4.48. The van der Waals surface area contributed by atoms with Gasteiger partial charge in [0.2, 0.25) is 0 Å². The molecule has 0 aliphatic carbocycles. The average molecular weight is 355 g/mol. The van der Waals surface area contributed by atoms with Crippen LogP contribution in [0.3, 0.4) is 0 Å². The highest BCUT2D eigenvalue weighted by atomic mass is 35.5. The normalized spacial score (nSPS) is 11.7. The third-order valence-electron chi connectivity index (χ3n) is 3.33. The lowest BCUT2D eigenvalue weighted by molar-refractivity contribution is -0.137. The van der Waals surface area contributed by atoms with Crippen molar-refractivity contribution in [3.05, 3.63) is 64.6 Å². The van der Waals surface area contributed by atoms with E-state index in [1.54, 1.807) is 24.3 Å². The van der Waals surface area contributed by atoms with E-state index < -0.39 is 17.6 Å². The Bertz CT molecular complexity index is 907. The van der Waals surface area contributed by atoms with E-state index in [-0.39, 0.29) is 28.6 Å². The maximum Gasteiger partial charge on any atom is 0.417 e. The van der Waals surface area contributed by atoms with E-state index in [1.165, 1.54) is 10.5 Å². The fourth-order valence-corrected chi connectivity index (χ4v) is 2.35. The van der Waals surface area contributed by atoms with E-state index in [1.807, 2.05) is 0 Å². The van der Waals surface area contributed by atoms with Crippen LogP contribution in [0.1, 0.15) is 21.7 Å². The summed E-state index contributed by atoms with van der Waals surface area (Å²) in [6.07, 6.45) is -3.58. The zero-order chi connectivity index (χ0) is 17.3. The summed E-state index contributed by atoms with van der Waals surface area (Å²) < 4.78 is 39.6. The molecule has 0 aliphatic heterocycles. The van der Waals surface area contributed by atoms with Crippen molar-refractivity contribution < 1.29 is 18.0 Å². The van der Waals surface area contributed by atoms with Crippen LogP contribution in [0.15, 0.2) is 42.6 Å². The van der Waals surface area contributed by atoms with Crippen molar-refractivity contribution in [1.82, 2.24) is 19.9 Å². The van der Waals surface area contributed by atoms with E-state index in [0.717, 1.165) is 12.3 Å². The number of carbonyl (C=O) groups is 1. The smallest absolute Gasteiger partial charge is 0.345 e. The van der Waals surface area contributed by atoms with Crippen molar-refractivity contribution >= 4 is 23.2 Å². The molecule has 3 aromatic rings. The zero-order valence-electron chi connectivity index (χ0n) is 12.0. The average Bonchev–Trinajstić information content (AvgIpc) is 2.94. The number of alkyl halides is 3. The molecule has 0 saturated heterocycles. The molecule has 1 aromatic carbocycles. The van der Waals surface area contributed by atoms with Crippen LogP contribution < -0.4 is 5.32 Å². The van der Waals surface area contributed by atoms with Crippen molar-refractivity contribution in [3.63, 3.8) is 0 Å². The molecule has 124 valence electrons. The van der Waals surface area contributed by atoms with Crippen LogP contribution in [0.4, 0.5) is 13.2 Å². The van der Waals surface area contributed by atoms with Gasteiger partial charge in [0, 0.05) is 6.20 Å². The highest BCUT2D eigenvalue weighted by Crippen LogP contribution is 2.29. The predicted octanol–water partition coefficient (Wildman–Crippen LogP) is 3.33. The number of rotatable bonds is 3. The van der Waals surface area contributed by atoms with Crippen LogP contribution in [-0.2, 0) is 12.7 Å². The number of pyridine rings is 1. The van der Waals surface area contributed by atoms with Crippen LogP contribution in [-0.4, -0.2) is 20.5 Å². The lowest BCUT2D eigenvalue weighted by Gasteiger charge is -2.08. The lowest BCUT2D eigenvalue weighted by Crippen LogP contribution is -2.24. The van der Waals surface area contributed by atoms with E-state index in [0.29, 0.717) is 0 Å². The quantitative estimate of drug-likeness (QED) is 0.785. The van der Waals surface area contributed by atoms with Crippen molar-refractivity contribution in [1.29, 1.82) is 0 Å². The maximum atomic E-state index is 12.8. The largest absolute Gasteiger partial charge is 0.417 e. The van der Waals surface area contributed by atoms with Gasteiger partial charge in [0.25, 0.3) is 5.91 Å². The van der Waals surface area contributed by atoms with Gasteiger partial charge in [0.05, 0.1) is 22.7 Å². The van der Waals surface area contributed by atoms with Crippen LogP contribution in [0, 0.1) is 0 Å². The minimum absolute atomic E-state index is 0.0907. The standard InChI is InChI=1S/C15H10ClF3N4O/c16-11-4-2-1-3-10(11)14(24)20-7-13-22-21-12-6-5-9(8-23(12)13)15(17,18)19/h1-6,8H,7H2,(H,20,24). The Balaban J connectivity index is 1.83. The second-order valence-corrected chi connectivity index (χ2v) is 5.33. The second kappa shape index (κ2) is 6.12. The molecule has 1 N–H and O–H groups in total. The molecule has 9 heteroatoms. The first-order valence-corrected chi connectivity index (χ1v) is 7.17. The van der Waals surface area contributed by atoms with Crippen LogP contribution >= 0.6 is 11.6 Å². The van der Waals surface area contributed by atoms with Gasteiger partial charge in [-0.3, -0.25) is 9.20 Å². The fraction of sp³-hybridized carbons (Fsp3) is 0.133. The summed E-state index contributed by atoms with van der Waals surface area (Å²) in [7, 11) is 0. The molecular weight excluding hydrogens is 345 g/mol. The summed E-state index contributed by atoms with van der Waals surface area (Å²) in [6, 6.07) is 8.60. The van der Waals surface area contributed by atoms with E-state index in [9.17, 15) is 18.0 Å². The SMILES string of the molecule is O=C(NCc1nnc2ccc(C(F)(F)F)cn12)c1ccccc1Cl. The molecule has 5 nitrogen and oxygen atoms in total. The summed E-state index contributed by atoms with van der Waals surface area (Å²) in [5.41, 5.74) is -0.303. The maximum absolute atomic E-state index is 12.8. The van der Waals surface area contributed by atoms with Gasteiger partial charge in [-0.25, -0.2) is 0 Å². The molecule has 1 amide bonds. The number of nitrogens with one attached hydrogen (secondary N) is 1. The summed E-state index contributed by atoms with van der Waals surface area (Å²) in [4.78, 5) is 12.1. The second-order valence-electron chi connectivity index (χ2n) is 4.92. The van der Waals surface area contributed by atoms with Crippen LogP contribution in [0.5, 0.6) is 0 Å². The molecule has 0 fully saturated rings. The van der Waals surface area contributed by atoms with Gasteiger partial charge in [-0.05, 0) is 24.3 Å². The summed E-state index contributed by atoms with van der Waals surface area (Å²) in [5.74, 6) is -0.277. The zero-order valence-corrected chi connectivity index (χ0v) is 12.8. The molecular formula is C15H10ClF3N4O. The Morgan fingerprint density at radius 2 is 1.92 bits per heavy atom. The number of fused-ring (bicyclic) bond motifs is 1. The molecule has 0 bridgehead atoms. The van der Waals surface area contributed by atoms with E-state index in [4.69, 9.17) is 11.6 Å². The number of amides is 1. The molecule has 0 atom stereocenters. The first-order valence-electron chi connectivity index (χ1n) is 6.80. The lowest BCUT2D eigenvalue weighted by atomic mass is 10.2. The van der Waals surface area contributed by atoms with Crippen molar-refractivity contribution in [2.24, 2.45) is 0 Å². The Kier molecular flexibility index (Phi) is 4.15. The number of aromatic nitrogens is 3. The molecule has 3 rings (SSSR count). The minimum Gasteiger partial charge on any atom is -0.345 e. The van der Waals surface area contributed by atoms with Crippen LogP contribution in [0.2, 0.25) is 5.02 Å². The van der Waals surface area contributed by atoms with Gasteiger partial charge in [0.1, 0.15) is 0 Å². The Morgan fingerprint density at radius 1 is 1.17 bits per heavy atom. The molecule has 2 heterocycles. The molecule has 2 aromatic heterocycles. The molecule has 0 unspecified atom stereocenters. The highest BCUT2D eigenvalue weighted by molar-refractivity contribution is 6.33. The summed E-state index contributed by atoms with van der Waals surface area (Å²) >= 11 is 5.93. The third kappa shape index (κ3) is 3.18. The predicted molar refractivity (Wildman–Crippen MR) is 80.6 cm³/mol. The summed E-state index contributed by atoms with van der Waals surface area (Å²) in [5, 5.41) is 10.4. The first-order chi connectivity index (χ1) is 11.4. The Hall–Kier alpha value is -2.61. The van der Waals surface area contributed by atoms with Gasteiger partial charge in [-0.2, -0.15) is 13.2 Å². The first kappa shape index (κ1) is 16.3. The molecule has 0 aliphatic rings. The van der Waals surface area contributed by atoms with Crippen LogP contribution in [0.25, 0.3) is 5.65 Å². The topological polar surface area (TPSA) is 59.3 Å². The van der Waals surface area contributed by atoms with Gasteiger partial charge < -0.3 is 5.32 Å². The molecule has 24 heavy (non-hydrogen) atoms. The Morgan fingerprint density at radius 3 is 2.62 bits per heavy atom. The number of carbonyl (C=O) groups excluding carboxylic acids is 1.